The first-order valence-corrected chi connectivity index (χ1v) is 5.15. The molecular weight excluding hydrogens is 188 g/mol. The fourth-order valence-electron chi connectivity index (χ4n) is 1.56. The lowest BCUT2D eigenvalue weighted by molar-refractivity contribution is 0.555. The fraction of sp³-hybridized carbons (Fsp3) is 0.636. The van der Waals surface area contributed by atoms with Crippen molar-refractivity contribution in [3.05, 3.63) is 17.0 Å². The van der Waals surface area contributed by atoms with Gasteiger partial charge < -0.3 is 5.32 Å². The van der Waals surface area contributed by atoms with Crippen molar-refractivity contribution in [3.63, 3.8) is 0 Å². The van der Waals surface area contributed by atoms with Gasteiger partial charge in [-0.2, -0.15) is 10.4 Å². The predicted molar refractivity (Wildman–Crippen MR) is 59.2 cm³/mol. The van der Waals surface area contributed by atoms with Gasteiger partial charge in [-0.05, 0) is 20.8 Å². The number of aryl methyl sites for hydroxylation is 2. The van der Waals surface area contributed by atoms with Gasteiger partial charge >= 0.3 is 0 Å². The van der Waals surface area contributed by atoms with Crippen LogP contribution in [0.5, 0.6) is 0 Å². The number of nitrogens with zero attached hydrogens (tertiary/aromatic N) is 3. The molecule has 1 heterocycles. The van der Waals surface area contributed by atoms with E-state index < -0.39 is 0 Å². The number of hydrogen-bond acceptors (Lipinski definition) is 3. The first kappa shape index (κ1) is 11.7. The largest absolute Gasteiger partial charge is 0.309 e. The minimum Gasteiger partial charge on any atom is -0.309 e. The molecule has 1 N–H and O–H groups in total. The van der Waals surface area contributed by atoms with Crippen LogP contribution in [-0.4, -0.2) is 15.8 Å². The summed E-state index contributed by atoms with van der Waals surface area (Å²) in [6.07, 6.45) is 0.540. The van der Waals surface area contributed by atoms with Crippen LogP contribution in [0, 0.1) is 25.2 Å². The summed E-state index contributed by atoms with van der Waals surface area (Å²) in [7, 11) is 1.95. The number of nitrogens with one attached hydrogen (secondary N) is 1. The summed E-state index contributed by atoms with van der Waals surface area (Å²) in [5, 5.41) is 16.2. The molecule has 0 aliphatic rings. The van der Waals surface area contributed by atoms with Crippen LogP contribution >= 0.6 is 0 Å². The van der Waals surface area contributed by atoms with Crippen LogP contribution in [0.3, 0.4) is 0 Å². The highest BCUT2D eigenvalue weighted by Crippen LogP contribution is 2.11. The number of hydrogen-bond donors (Lipinski definition) is 1. The molecule has 0 saturated carbocycles. The Morgan fingerprint density at radius 2 is 2.20 bits per heavy atom. The maximum Gasteiger partial charge on any atom is 0.0641 e. The van der Waals surface area contributed by atoms with E-state index in [1.165, 1.54) is 11.3 Å². The molecule has 0 aliphatic carbocycles. The van der Waals surface area contributed by atoms with Crippen molar-refractivity contribution >= 4 is 0 Å². The smallest absolute Gasteiger partial charge is 0.0641 e. The lowest BCUT2D eigenvalue weighted by atomic mass is 10.1. The Morgan fingerprint density at radius 3 is 2.67 bits per heavy atom. The van der Waals surface area contributed by atoms with Gasteiger partial charge in [0, 0.05) is 30.9 Å². The minimum absolute atomic E-state index is 0.231. The van der Waals surface area contributed by atoms with Gasteiger partial charge in [0.15, 0.2) is 0 Å². The van der Waals surface area contributed by atoms with Crippen molar-refractivity contribution in [2.45, 2.75) is 39.8 Å². The molecule has 15 heavy (non-hydrogen) atoms. The molecule has 1 aromatic heterocycles. The van der Waals surface area contributed by atoms with E-state index in [0.29, 0.717) is 6.42 Å². The summed E-state index contributed by atoms with van der Waals surface area (Å²) in [4.78, 5) is 0. The van der Waals surface area contributed by atoms with Crippen LogP contribution in [-0.2, 0) is 13.6 Å². The van der Waals surface area contributed by atoms with E-state index in [1.807, 2.05) is 25.6 Å². The molecule has 1 atom stereocenters. The Labute approximate surface area is 90.9 Å². The average Bonchev–Trinajstić information content (AvgIpc) is 2.40. The van der Waals surface area contributed by atoms with Crippen molar-refractivity contribution in [3.8, 4) is 6.07 Å². The first-order chi connectivity index (χ1) is 7.06. The van der Waals surface area contributed by atoms with Crippen LogP contribution in [0.1, 0.15) is 30.3 Å². The van der Waals surface area contributed by atoms with Crippen LogP contribution in [0.25, 0.3) is 0 Å². The zero-order chi connectivity index (χ0) is 11.4. The number of rotatable bonds is 4. The average molecular weight is 206 g/mol. The summed E-state index contributed by atoms with van der Waals surface area (Å²) < 4.78 is 1.89. The molecule has 0 fully saturated rings. The van der Waals surface area contributed by atoms with Gasteiger partial charge in [-0.25, -0.2) is 0 Å². The SMILES string of the molecule is Cc1nn(C)c(C)c1CNC(C)CC#N. The first-order valence-electron chi connectivity index (χ1n) is 5.15. The normalized spacial score (nSPS) is 12.5. The van der Waals surface area contributed by atoms with Gasteiger partial charge in [-0.15, -0.1) is 0 Å². The summed E-state index contributed by atoms with van der Waals surface area (Å²) in [5.41, 5.74) is 3.48. The summed E-state index contributed by atoms with van der Waals surface area (Å²) in [6, 6.07) is 2.39. The van der Waals surface area contributed by atoms with Gasteiger partial charge in [0.1, 0.15) is 0 Å². The van der Waals surface area contributed by atoms with Gasteiger partial charge in [-0.1, -0.05) is 0 Å². The van der Waals surface area contributed by atoms with Gasteiger partial charge in [-0.3, -0.25) is 4.68 Å². The van der Waals surface area contributed by atoms with Gasteiger partial charge in [0.2, 0.25) is 0 Å². The second kappa shape index (κ2) is 4.94. The second-order valence-corrected chi connectivity index (χ2v) is 3.92. The lowest BCUT2D eigenvalue weighted by Gasteiger charge is -2.10. The van der Waals surface area contributed by atoms with E-state index in [4.69, 9.17) is 5.26 Å². The Hall–Kier alpha value is -1.34. The van der Waals surface area contributed by atoms with Crippen LogP contribution in [0.2, 0.25) is 0 Å². The second-order valence-electron chi connectivity index (χ2n) is 3.92. The van der Waals surface area contributed by atoms with Crippen molar-refractivity contribution in [2.75, 3.05) is 0 Å². The molecule has 0 amide bonds. The zero-order valence-electron chi connectivity index (χ0n) is 9.83. The molecule has 0 saturated heterocycles. The summed E-state index contributed by atoms with van der Waals surface area (Å²) in [6.45, 7) is 6.88. The Bertz CT molecular complexity index is 373. The summed E-state index contributed by atoms with van der Waals surface area (Å²) >= 11 is 0. The predicted octanol–water partition coefficient (Wildman–Crippen LogP) is 1.43. The molecule has 0 bridgehead atoms. The topological polar surface area (TPSA) is 53.6 Å². The van der Waals surface area contributed by atoms with Crippen molar-refractivity contribution in [2.24, 2.45) is 7.05 Å². The molecule has 0 aromatic carbocycles. The Morgan fingerprint density at radius 1 is 1.53 bits per heavy atom. The molecule has 1 aromatic rings. The third-order valence-electron chi connectivity index (χ3n) is 2.68. The third-order valence-corrected chi connectivity index (χ3v) is 2.68. The van der Waals surface area contributed by atoms with E-state index in [2.05, 4.69) is 23.4 Å². The van der Waals surface area contributed by atoms with E-state index in [-0.39, 0.29) is 6.04 Å². The Kier molecular flexibility index (Phi) is 3.87. The number of nitriles is 1. The fourth-order valence-corrected chi connectivity index (χ4v) is 1.56. The van der Waals surface area contributed by atoms with Gasteiger partial charge in [0.05, 0.1) is 18.2 Å². The molecule has 1 rings (SSSR count). The molecule has 0 radical (unpaired) electrons. The number of aromatic nitrogens is 2. The molecular formula is C11H18N4. The zero-order valence-corrected chi connectivity index (χ0v) is 9.83. The minimum atomic E-state index is 0.231. The van der Waals surface area contributed by atoms with Crippen LogP contribution < -0.4 is 5.32 Å². The van der Waals surface area contributed by atoms with Crippen LogP contribution in [0.15, 0.2) is 0 Å². The summed E-state index contributed by atoms with van der Waals surface area (Å²) in [5.74, 6) is 0. The highest BCUT2D eigenvalue weighted by Gasteiger charge is 2.09. The third kappa shape index (κ3) is 2.80. The van der Waals surface area contributed by atoms with Gasteiger partial charge in [0.25, 0.3) is 0 Å². The van der Waals surface area contributed by atoms with E-state index in [9.17, 15) is 0 Å². The van der Waals surface area contributed by atoms with Crippen LogP contribution in [0.4, 0.5) is 0 Å². The monoisotopic (exact) mass is 206 g/mol. The van der Waals surface area contributed by atoms with E-state index >= 15 is 0 Å². The molecule has 1 unspecified atom stereocenters. The maximum absolute atomic E-state index is 8.54. The van der Waals surface area contributed by atoms with Crippen molar-refractivity contribution in [1.82, 2.24) is 15.1 Å². The molecule has 82 valence electrons. The highest BCUT2D eigenvalue weighted by molar-refractivity contribution is 5.24. The molecule has 0 aliphatic heterocycles. The van der Waals surface area contributed by atoms with Crippen molar-refractivity contribution in [1.29, 1.82) is 5.26 Å². The lowest BCUT2D eigenvalue weighted by Crippen LogP contribution is -2.25. The Balaban J connectivity index is 2.62. The molecule has 0 spiro atoms. The highest BCUT2D eigenvalue weighted by atomic mass is 15.3. The standard InChI is InChI=1S/C11H18N4/c1-8(5-6-12)13-7-11-9(2)14-15(4)10(11)3/h8,13H,5,7H2,1-4H3. The van der Waals surface area contributed by atoms with Crippen molar-refractivity contribution < 1.29 is 0 Å². The van der Waals surface area contributed by atoms with E-state index in [0.717, 1.165) is 12.2 Å². The molecule has 4 heteroatoms. The quantitative estimate of drug-likeness (QED) is 0.810. The maximum atomic E-state index is 8.54. The van der Waals surface area contributed by atoms with E-state index in [1.54, 1.807) is 0 Å². The molecule has 4 nitrogen and oxygen atoms in total.